The van der Waals surface area contributed by atoms with Gasteiger partial charge in [0.15, 0.2) is 0 Å². The number of carbonyl (C=O) groups is 2. The highest BCUT2D eigenvalue weighted by Crippen LogP contribution is 2.23. The molecule has 0 spiro atoms. The predicted molar refractivity (Wildman–Crippen MR) is 126 cm³/mol. The second kappa shape index (κ2) is 10.4. The van der Waals surface area contributed by atoms with Gasteiger partial charge in [-0.25, -0.2) is 0 Å². The molecule has 11 heteroatoms. The summed E-state index contributed by atoms with van der Waals surface area (Å²) in [7, 11) is 0. The number of piperazine rings is 1. The highest BCUT2D eigenvalue weighted by Gasteiger charge is 2.30. The number of hydrogen-bond acceptors (Lipinski definition) is 8. The van der Waals surface area contributed by atoms with Crippen LogP contribution >= 0.6 is 0 Å². The van der Waals surface area contributed by atoms with Crippen molar-refractivity contribution in [2.45, 2.75) is 25.9 Å². The summed E-state index contributed by atoms with van der Waals surface area (Å²) in [6.45, 7) is 5.79. The van der Waals surface area contributed by atoms with Crippen LogP contribution in [0.4, 0.5) is 5.69 Å². The number of amides is 2. The number of nitro benzene ring substituents is 1. The van der Waals surface area contributed by atoms with Gasteiger partial charge in [-0.2, -0.15) is 4.98 Å². The lowest BCUT2D eigenvalue weighted by atomic mass is 10.1. The summed E-state index contributed by atoms with van der Waals surface area (Å²) in [5.41, 5.74) is 0.831. The van der Waals surface area contributed by atoms with Gasteiger partial charge in [-0.05, 0) is 19.9 Å². The van der Waals surface area contributed by atoms with Crippen molar-refractivity contribution >= 4 is 17.5 Å². The van der Waals surface area contributed by atoms with Gasteiger partial charge in [0.25, 0.3) is 11.6 Å². The summed E-state index contributed by atoms with van der Waals surface area (Å²) in [4.78, 5) is 44.1. The molecule has 3 aromatic rings. The van der Waals surface area contributed by atoms with E-state index in [1.807, 2.05) is 37.3 Å². The van der Waals surface area contributed by atoms with Gasteiger partial charge in [0.1, 0.15) is 6.04 Å². The molecule has 11 nitrogen and oxygen atoms in total. The Kier molecular flexibility index (Phi) is 7.16. The third-order valence-electron chi connectivity index (χ3n) is 6.04. The molecule has 2 unspecified atom stereocenters. The zero-order valence-corrected chi connectivity index (χ0v) is 19.5. The molecule has 1 aromatic heterocycles. The zero-order valence-electron chi connectivity index (χ0n) is 19.5. The third-order valence-corrected chi connectivity index (χ3v) is 6.04. The van der Waals surface area contributed by atoms with E-state index in [0.29, 0.717) is 37.9 Å². The van der Waals surface area contributed by atoms with Crippen molar-refractivity contribution in [1.29, 1.82) is 0 Å². The minimum Gasteiger partial charge on any atom is -0.341 e. The van der Waals surface area contributed by atoms with Crippen molar-refractivity contribution in [2.75, 3.05) is 26.2 Å². The van der Waals surface area contributed by atoms with Gasteiger partial charge in [0, 0.05) is 49.4 Å². The molecular weight excluding hydrogens is 452 g/mol. The van der Waals surface area contributed by atoms with Gasteiger partial charge in [-0.3, -0.25) is 24.6 Å². The fourth-order valence-electron chi connectivity index (χ4n) is 3.97. The Morgan fingerprint density at radius 3 is 2.46 bits per heavy atom. The van der Waals surface area contributed by atoms with Crippen LogP contribution in [0, 0.1) is 10.1 Å². The van der Waals surface area contributed by atoms with E-state index in [4.69, 9.17) is 4.52 Å². The zero-order chi connectivity index (χ0) is 24.9. The molecule has 1 saturated heterocycles. The average molecular weight is 479 g/mol. The fraction of sp³-hybridized carbons (Fsp3) is 0.333. The van der Waals surface area contributed by atoms with E-state index < -0.39 is 16.9 Å². The van der Waals surface area contributed by atoms with Crippen LogP contribution in [0.2, 0.25) is 0 Å². The predicted octanol–water partition coefficient (Wildman–Crippen LogP) is 2.67. The van der Waals surface area contributed by atoms with Crippen LogP contribution in [0.15, 0.2) is 59.1 Å². The van der Waals surface area contributed by atoms with Gasteiger partial charge >= 0.3 is 0 Å². The van der Waals surface area contributed by atoms with Crippen LogP contribution in [-0.4, -0.2) is 68.9 Å². The Hall–Kier alpha value is -4.12. The number of carbonyl (C=O) groups excluding carboxylic acids is 2. The Morgan fingerprint density at radius 1 is 1.06 bits per heavy atom. The molecule has 1 N–H and O–H groups in total. The van der Waals surface area contributed by atoms with Crippen LogP contribution in [-0.2, 0) is 4.79 Å². The Labute approximate surface area is 201 Å². The average Bonchev–Trinajstić information content (AvgIpc) is 3.39. The lowest BCUT2D eigenvalue weighted by Gasteiger charge is -2.37. The van der Waals surface area contributed by atoms with Crippen molar-refractivity contribution in [3.05, 3.63) is 76.2 Å². The first-order chi connectivity index (χ1) is 16.8. The van der Waals surface area contributed by atoms with Crippen LogP contribution in [0.25, 0.3) is 11.4 Å². The molecule has 35 heavy (non-hydrogen) atoms. The molecule has 182 valence electrons. The highest BCUT2D eigenvalue weighted by molar-refractivity contribution is 5.97. The molecule has 2 atom stereocenters. The van der Waals surface area contributed by atoms with E-state index in [2.05, 4.69) is 20.4 Å². The van der Waals surface area contributed by atoms with E-state index in [1.54, 1.807) is 11.8 Å². The smallest absolute Gasteiger partial charge is 0.270 e. The van der Waals surface area contributed by atoms with Crippen LogP contribution in [0.5, 0.6) is 0 Å². The summed E-state index contributed by atoms with van der Waals surface area (Å²) >= 11 is 0. The minimum atomic E-state index is -0.768. The normalized spacial score (nSPS) is 15.9. The van der Waals surface area contributed by atoms with Crippen molar-refractivity contribution < 1.29 is 19.0 Å². The van der Waals surface area contributed by atoms with Crippen molar-refractivity contribution in [2.24, 2.45) is 0 Å². The molecule has 0 bridgehead atoms. The van der Waals surface area contributed by atoms with Gasteiger partial charge in [0.2, 0.25) is 17.6 Å². The topological polar surface area (TPSA) is 135 Å². The monoisotopic (exact) mass is 478 g/mol. The highest BCUT2D eigenvalue weighted by atomic mass is 16.6. The van der Waals surface area contributed by atoms with Crippen molar-refractivity contribution in [3.63, 3.8) is 0 Å². The van der Waals surface area contributed by atoms with E-state index in [9.17, 15) is 19.7 Å². The van der Waals surface area contributed by atoms with E-state index in [-0.39, 0.29) is 23.2 Å². The molecule has 0 aliphatic carbocycles. The lowest BCUT2D eigenvalue weighted by Crippen LogP contribution is -2.54. The first-order valence-electron chi connectivity index (χ1n) is 11.3. The second-order valence-corrected chi connectivity index (χ2v) is 8.36. The minimum absolute atomic E-state index is 0.108. The molecule has 1 aliphatic rings. The Morgan fingerprint density at radius 2 is 1.77 bits per heavy atom. The van der Waals surface area contributed by atoms with Gasteiger partial charge in [-0.15, -0.1) is 0 Å². The number of nitrogens with zero attached hydrogens (tertiary/aromatic N) is 5. The standard InChI is InChI=1S/C24H26N6O5/c1-16(25-22(31)19-9-6-10-20(15-19)30(33)34)24(32)29-13-11-28(12-14-29)17(2)23-26-21(27-35-23)18-7-4-3-5-8-18/h3-10,15-17H,11-14H2,1-2H3,(H,25,31). The first kappa shape index (κ1) is 24.0. The lowest BCUT2D eigenvalue weighted by molar-refractivity contribution is -0.384. The van der Waals surface area contributed by atoms with Crippen molar-refractivity contribution in [3.8, 4) is 11.4 Å². The molecular formula is C24H26N6O5. The molecule has 2 heterocycles. The number of aromatic nitrogens is 2. The summed E-state index contributed by atoms with van der Waals surface area (Å²) in [5, 5.41) is 17.7. The largest absolute Gasteiger partial charge is 0.341 e. The van der Waals surface area contributed by atoms with Gasteiger partial charge in [-0.1, -0.05) is 41.6 Å². The van der Waals surface area contributed by atoms with Crippen LogP contribution in [0.3, 0.4) is 0 Å². The summed E-state index contributed by atoms with van der Waals surface area (Å²) < 4.78 is 5.48. The van der Waals surface area contributed by atoms with Crippen LogP contribution < -0.4 is 5.32 Å². The van der Waals surface area contributed by atoms with Gasteiger partial charge < -0.3 is 14.7 Å². The number of nitro groups is 1. The number of nitrogens with one attached hydrogen (secondary N) is 1. The number of benzene rings is 2. The van der Waals surface area contributed by atoms with Gasteiger partial charge in [0.05, 0.1) is 11.0 Å². The molecule has 1 fully saturated rings. The molecule has 4 rings (SSSR count). The van der Waals surface area contributed by atoms with Crippen LogP contribution in [0.1, 0.15) is 36.1 Å². The Balaban J connectivity index is 1.30. The van der Waals surface area contributed by atoms with E-state index >= 15 is 0 Å². The molecule has 1 aliphatic heterocycles. The maximum Gasteiger partial charge on any atom is 0.270 e. The summed E-state index contributed by atoms with van der Waals surface area (Å²) in [6.07, 6.45) is 0. The SMILES string of the molecule is CC(NC(=O)c1cccc([N+](=O)[O-])c1)C(=O)N1CCN(C(C)c2nc(-c3ccccc3)no2)CC1. The maximum atomic E-state index is 12.9. The number of rotatable bonds is 7. The number of hydrogen-bond donors (Lipinski definition) is 1. The maximum absolute atomic E-state index is 12.9. The van der Waals surface area contributed by atoms with E-state index in [0.717, 1.165) is 5.56 Å². The molecule has 2 aromatic carbocycles. The second-order valence-electron chi connectivity index (χ2n) is 8.36. The summed E-state index contributed by atoms with van der Waals surface area (Å²) in [5.74, 6) is 0.309. The molecule has 0 radical (unpaired) electrons. The summed E-state index contributed by atoms with van der Waals surface area (Å²) in [6, 6.07) is 14.1. The third kappa shape index (κ3) is 5.52. The van der Waals surface area contributed by atoms with E-state index in [1.165, 1.54) is 24.3 Å². The molecule has 2 amide bonds. The first-order valence-corrected chi connectivity index (χ1v) is 11.3. The quantitative estimate of drug-likeness (QED) is 0.405. The molecule has 0 saturated carbocycles. The van der Waals surface area contributed by atoms with Crippen molar-refractivity contribution in [1.82, 2.24) is 25.3 Å². The fourth-order valence-corrected chi connectivity index (χ4v) is 3.97. The Bertz CT molecular complexity index is 1210. The number of non-ortho nitro benzene ring substituents is 1.